The predicted molar refractivity (Wildman–Crippen MR) is 168 cm³/mol. The van der Waals surface area contributed by atoms with Gasteiger partial charge in [0.25, 0.3) is 0 Å². The molecule has 0 amide bonds. The van der Waals surface area contributed by atoms with Crippen LogP contribution >= 0.6 is 0 Å². The first-order valence-corrected chi connectivity index (χ1v) is 17.4. The van der Waals surface area contributed by atoms with Crippen LogP contribution in [0.25, 0.3) is 22.2 Å². The fraction of sp³-hybridized carbons (Fsp3) is 0.200. The van der Waals surface area contributed by atoms with Crippen LogP contribution in [0.5, 0.6) is 5.75 Å². The third kappa shape index (κ3) is 8.52. The van der Waals surface area contributed by atoms with Gasteiger partial charge in [-0.05, 0) is 66.2 Å². The molecular weight excluding hydrogens is 609 g/mol. The van der Waals surface area contributed by atoms with Gasteiger partial charge in [0, 0.05) is 29.4 Å². The molecule has 11 nitrogen and oxygen atoms in total. The van der Waals surface area contributed by atoms with E-state index < -0.39 is 25.7 Å². The maximum absolute atomic E-state index is 13.6. The van der Waals surface area contributed by atoms with Gasteiger partial charge in [0.15, 0.2) is 0 Å². The molecular formula is C30H30FN5O6S2. The van der Waals surface area contributed by atoms with Gasteiger partial charge in [-0.3, -0.25) is 4.72 Å². The molecule has 44 heavy (non-hydrogen) atoms. The molecule has 0 saturated heterocycles. The van der Waals surface area contributed by atoms with E-state index in [1.807, 2.05) is 30.3 Å². The van der Waals surface area contributed by atoms with Crippen molar-refractivity contribution >= 4 is 48.0 Å². The van der Waals surface area contributed by atoms with Crippen molar-refractivity contribution in [1.29, 1.82) is 0 Å². The van der Waals surface area contributed by atoms with Crippen LogP contribution in [0.4, 0.5) is 21.6 Å². The fourth-order valence-electron chi connectivity index (χ4n) is 4.34. The number of fused-ring (bicyclic) bond motifs is 1. The second kappa shape index (κ2) is 13.0. The number of halogens is 1. The minimum atomic E-state index is -3.65. The normalized spacial score (nSPS) is 11.9. The molecule has 0 radical (unpaired) electrons. The lowest BCUT2D eigenvalue weighted by Crippen LogP contribution is -2.21. The van der Waals surface area contributed by atoms with Gasteiger partial charge >= 0.3 is 0 Å². The third-order valence-corrected chi connectivity index (χ3v) is 7.89. The number of ether oxygens (including phenoxy) is 1. The van der Waals surface area contributed by atoms with E-state index in [0.717, 1.165) is 11.8 Å². The zero-order valence-electron chi connectivity index (χ0n) is 23.9. The molecule has 0 aliphatic rings. The summed E-state index contributed by atoms with van der Waals surface area (Å²) in [5.74, 6) is 1.65. The molecule has 3 N–H and O–H groups in total. The van der Waals surface area contributed by atoms with Crippen molar-refractivity contribution in [2.45, 2.75) is 13.2 Å². The smallest absolute Gasteiger partial charge is 0.229 e. The summed E-state index contributed by atoms with van der Waals surface area (Å²) in [6, 6.07) is 20.1. The standard InChI is InChI=1S/C30H30FN5O6S2/c1-43(37,38)13-12-32-17-24-8-11-28(42-24)21-6-9-26-25(15-21)30(34-19-33-26)35-23-7-10-29(27(16-23)36-44(2,39)40)41-18-20-4-3-5-22(31)14-20/h3-11,14-16,19,32,36H,12-13,17-18H2,1-2H3,(H,33,34,35). The lowest BCUT2D eigenvalue weighted by atomic mass is 10.1. The van der Waals surface area contributed by atoms with Gasteiger partial charge in [-0.2, -0.15) is 0 Å². The Morgan fingerprint density at radius 2 is 1.77 bits per heavy atom. The molecule has 0 aliphatic carbocycles. The van der Waals surface area contributed by atoms with Gasteiger partial charge < -0.3 is 19.8 Å². The molecule has 2 heterocycles. The van der Waals surface area contributed by atoms with Crippen molar-refractivity contribution in [2.75, 3.05) is 34.8 Å². The van der Waals surface area contributed by atoms with Crippen molar-refractivity contribution in [2.24, 2.45) is 0 Å². The maximum Gasteiger partial charge on any atom is 0.229 e. The molecule has 0 aliphatic heterocycles. The zero-order valence-corrected chi connectivity index (χ0v) is 25.5. The van der Waals surface area contributed by atoms with Gasteiger partial charge in [-0.25, -0.2) is 31.2 Å². The minimum Gasteiger partial charge on any atom is -0.487 e. The first kappa shape index (κ1) is 30.9. The van der Waals surface area contributed by atoms with E-state index in [0.29, 0.717) is 52.6 Å². The molecule has 0 atom stereocenters. The number of sulfonamides is 1. The molecule has 2 aromatic heterocycles. The number of hydrogen-bond acceptors (Lipinski definition) is 10. The van der Waals surface area contributed by atoms with Crippen LogP contribution in [0, 0.1) is 5.82 Å². The number of aromatic nitrogens is 2. The van der Waals surface area contributed by atoms with Gasteiger partial charge in [0.2, 0.25) is 10.0 Å². The summed E-state index contributed by atoms with van der Waals surface area (Å²) in [6.07, 6.45) is 3.65. The van der Waals surface area contributed by atoms with Crippen LogP contribution in [0.1, 0.15) is 11.3 Å². The highest BCUT2D eigenvalue weighted by Gasteiger charge is 2.14. The monoisotopic (exact) mass is 639 g/mol. The van der Waals surface area contributed by atoms with Crippen molar-refractivity contribution in [3.8, 4) is 17.1 Å². The first-order chi connectivity index (χ1) is 20.9. The van der Waals surface area contributed by atoms with Crippen LogP contribution in [-0.4, -0.2) is 51.6 Å². The Balaban J connectivity index is 1.37. The summed E-state index contributed by atoms with van der Waals surface area (Å²) in [5.41, 5.74) is 2.76. The summed E-state index contributed by atoms with van der Waals surface area (Å²) >= 11 is 0. The number of benzene rings is 3. The van der Waals surface area contributed by atoms with Crippen molar-refractivity contribution in [3.05, 3.63) is 96.3 Å². The van der Waals surface area contributed by atoms with E-state index in [2.05, 4.69) is 25.3 Å². The minimum absolute atomic E-state index is 0.0352. The number of furan rings is 1. The van der Waals surface area contributed by atoms with Gasteiger partial charge in [-0.15, -0.1) is 0 Å². The summed E-state index contributed by atoms with van der Waals surface area (Å²) in [5, 5.41) is 6.98. The average Bonchev–Trinajstić information content (AvgIpc) is 3.43. The summed E-state index contributed by atoms with van der Waals surface area (Å²) in [6.45, 7) is 0.733. The maximum atomic E-state index is 13.6. The SMILES string of the molecule is CS(=O)(=O)CCNCc1ccc(-c2ccc3ncnc(Nc4ccc(OCc5cccc(F)c5)c(NS(C)(=O)=O)c4)c3c2)o1. The van der Waals surface area contributed by atoms with Gasteiger partial charge in [0.1, 0.15) is 51.7 Å². The molecule has 0 spiro atoms. The van der Waals surface area contributed by atoms with E-state index >= 15 is 0 Å². The quantitative estimate of drug-likeness (QED) is 0.152. The molecule has 0 unspecified atom stereocenters. The van der Waals surface area contributed by atoms with E-state index in [-0.39, 0.29) is 23.8 Å². The Bertz CT molecular complexity index is 2020. The van der Waals surface area contributed by atoms with E-state index in [1.165, 1.54) is 24.7 Å². The number of nitrogens with zero attached hydrogens (tertiary/aromatic N) is 2. The Labute approximate surface area is 254 Å². The highest BCUT2D eigenvalue weighted by atomic mass is 32.2. The third-order valence-electron chi connectivity index (χ3n) is 6.35. The number of anilines is 3. The zero-order chi connectivity index (χ0) is 31.3. The summed E-state index contributed by atoms with van der Waals surface area (Å²) in [4.78, 5) is 8.76. The molecule has 14 heteroatoms. The van der Waals surface area contributed by atoms with Crippen LogP contribution < -0.4 is 20.1 Å². The Morgan fingerprint density at radius 3 is 2.55 bits per heavy atom. The van der Waals surface area contributed by atoms with Crippen LogP contribution in [0.3, 0.4) is 0 Å². The highest BCUT2D eigenvalue weighted by molar-refractivity contribution is 7.92. The fourth-order valence-corrected chi connectivity index (χ4v) is 5.42. The number of hydrogen-bond donors (Lipinski definition) is 3. The average molecular weight is 640 g/mol. The second-order valence-electron chi connectivity index (χ2n) is 10.2. The largest absolute Gasteiger partial charge is 0.487 e. The molecule has 5 rings (SSSR count). The van der Waals surface area contributed by atoms with Gasteiger partial charge in [0.05, 0.1) is 29.8 Å². The molecule has 0 saturated carbocycles. The number of rotatable bonds is 13. The first-order valence-electron chi connectivity index (χ1n) is 13.4. The highest BCUT2D eigenvalue weighted by Crippen LogP contribution is 2.33. The lowest BCUT2D eigenvalue weighted by Gasteiger charge is -2.15. The van der Waals surface area contributed by atoms with Crippen molar-refractivity contribution in [1.82, 2.24) is 15.3 Å². The molecule has 0 fully saturated rings. The topological polar surface area (TPSA) is 153 Å². The van der Waals surface area contributed by atoms with E-state index in [4.69, 9.17) is 9.15 Å². The molecule has 230 valence electrons. The van der Waals surface area contributed by atoms with Crippen molar-refractivity contribution < 1.29 is 30.4 Å². The Hall–Kier alpha value is -4.53. The predicted octanol–water partition coefficient (Wildman–Crippen LogP) is 4.86. The molecule has 0 bridgehead atoms. The molecule has 5 aromatic rings. The van der Waals surface area contributed by atoms with E-state index in [9.17, 15) is 21.2 Å². The number of nitrogens with one attached hydrogen (secondary N) is 3. The Morgan fingerprint density at radius 1 is 0.932 bits per heavy atom. The van der Waals surface area contributed by atoms with Crippen LogP contribution in [-0.2, 0) is 33.0 Å². The Kier molecular flexibility index (Phi) is 9.13. The summed E-state index contributed by atoms with van der Waals surface area (Å²) in [7, 11) is -6.70. The van der Waals surface area contributed by atoms with E-state index in [1.54, 1.807) is 30.3 Å². The van der Waals surface area contributed by atoms with Crippen molar-refractivity contribution in [3.63, 3.8) is 0 Å². The second-order valence-corrected chi connectivity index (χ2v) is 14.2. The lowest BCUT2D eigenvalue weighted by molar-refractivity contribution is 0.307. The molecule has 3 aromatic carbocycles. The van der Waals surface area contributed by atoms with Crippen LogP contribution in [0.2, 0.25) is 0 Å². The summed E-state index contributed by atoms with van der Waals surface area (Å²) < 4.78 is 74.7. The number of sulfone groups is 1. The van der Waals surface area contributed by atoms with Crippen LogP contribution in [0.15, 0.2) is 83.5 Å². The van der Waals surface area contributed by atoms with Gasteiger partial charge in [-0.1, -0.05) is 12.1 Å².